The molecule has 0 aliphatic heterocycles. The van der Waals surface area contributed by atoms with Crippen LogP contribution in [0.1, 0.15) is 35.7 Å². The van der Waals surface area contributed by atoms with Crippen molar-refractivity contribution in [2.24, 2.45) is 0 Å². The largest absolute Gasteiger partial charge is 0.494 e. The summed E-state index contributed by atoms with van der Waals surface area (Å²) in [6.45, 7) is 3.26. The van der Waals surface area contributed by atoms with Crippen molar-refractivity contribution in [3.8, 4) is 5.75 Å². The number of hydrogen-bond acceptors (Lipinski definition) is 4. The van der Waals surface area contributed by atoms with E-state index in [1.807, 2.05) is 24.3 Å². The van der Waals surface area contributed by atoms with Crippen molar-refractivity contribution >= 4 is 27.3 Å². The molecule has 2 rings (SSSR count). The maximum Gasteiger partial charge on any atom is 0.251 e. The van der Waals surface area contributed by atoms with Crippen LogP contribution in [-0.4, -0.2) is 33.7 Å². The summed E-state index contributed by atoms with van der Waals surface area (Å²) in [5, 5.41) is 2.90. The summed E-state index contributed by atoms with van der Waals surface area (Å²) in [7, 11) is -3.49. The molecule has 0 aliphatic carbocycles. The van der Waals surface area contributed by atoms with Gasteiger partial charge in [0.1, 0.15) is 5.75 Å². The lowest BCUT2D eigenvalue weighted by Crippen LogP contribution is -2.25. The minimum Gasteiger partial charge on any atom is -0.494 e. The summed E-state index contributed by atoms with van der Waals surface area (Å²) in [5.74, 6) is 0.502. The van der Waals surface area contributed by atoms with E-state index in [9.17, 15) is 13.2 Å². The van der Waals surface area contributed by atoms with E-state index in [2.05, 4.69) is 12.2 Å². The first-order valence-corrected chi connectivity index (χ1v) is 11.1. The first-order chi connectivity index (χ1) is 12.8. The number of ether oxygens (including phenoxy) is 1. The van der Waals surface area contributed by atoms with Crippen molar-refractivity contribution in [3.63, 3.8) is 0 Å². The topological polar surface area (TPSA) is 72.5 Å². The lowest BCUT2D eigenvalue weighted by atomic mass is 10.1. The molecule has 0 unspecified atom stereocenters. The monoisotopic (exact) mass is 409 g/mol. The van der Waals surface area contributed by atoms with Crippen molar-refractivity contribution in [2.45, 2.75) is 31.1 Å². The summed E-state index contributed by atoms with van der Waals surface area (Å²) in [5.41, 5.74) is 1.34. The molecule has 0 atom stereocenters. The fourth-order valence-electron chi connectivity index (χ4n) is 2.44. The number of unbranched alkanes of at least 4 members (excludes halogenated alkanes) is 1. The Hall–Kier alpha value is -2.05. The van der Waals surface area contributed by atoms with Crippen LogP contribution >= 0.6 is 11.6 Å². The summed E-state index contributed by atoms with van der Waals surface area (Å²) in [4.78, 5) is 12.2. The van der Waals surface area contributed by atoms with Crippen LogP contribution in [0, 0.1) is 0 Å². The van der Waals surface area contributed by atoms with Gasteiger partial charge >= 0.3 is 0 Å². The molecule has 0 fully saturated rings. The van der Waals surface area contributed by atoms with E-state index in [-0.39, 0.29) is 21.4 Å². The fraction of sp³-hybridized carbons (Fsp3) is 0.350. The Morgan fingerprint density at radius 2 is 1.85 bits per heavy atom. The van der Waals surface area contributed by atoms with E-state index in [4.69, 9.17) is 16.3 Å². The molecule has 2 aromatic carbocycles. The van der Waals surface area contributed by atoms with Gasteiger partial charge in [-0.25, -0.2) is 8.42 Å². The third kappa shape index (κ3) is 6.56. The summed E-state index contributed by atoms with van der Waals surface area (Å²) in [6, 6.07) is 12.0. The second-order valence-electron chi connectivity index (χ2n) is 6.27. The second-order valence-corrected chi connectivity index (χ2v) is 8.66. The molecule has 1 N–H and O–H groups in total. The van der Waals surface area contributed by atoms with Gasteiger partial charge in [-0.3, -0.25) is 4.79 Å². The zero-order valence-electron chi connectivity index (χ0n) is 15.5. The first-order valence-electron chi connectivity index (χ1n) is 8.81. The molecular formula is C20H24ClNO4S. The predicted molar refractivity (Wildman–Crippen MR) is 107 cm³/mol. The maximum atomic E-state index is 12.3. The molecule has 0 aromatic heterocycles. The molecule has 0 radical (unpaired) electrons. The number of nitrogens with one attached hydrogen (secondary N) is 1. The summed E-state index contributed by atoms with van der Waals surface area (Å²) in [6.07, 6.45) is 3.84. The normalized spacial score (nSPS) is 11.2. The van der Waals surface area contributed by atoms with Gasteiger partial charge in [0, 0.05) is 18.4 Å². The van der Waals surface area contributed by atoms with Gasteiger partial charge < -0.3 is 10.1 Å². The Kier molecular flexibility index (Phi) is 7.68. The lowest BCUT2D eigenvalue weighted by Gasteiger charge is -2.09. The summed E-state index contributed by atoms with van der Waals surface area (Å²) >= 11 is 5.90. The molecule has 0 aliphatic rings. The van der Waals surface area contributed by atoms with E-state index in [0.29, 0.717) is 19.6 Å². The highest BCUT2D eigenvalue weighted by molar-refractivity contribution is 7.90. The number of halogens is 1. The minimum absolute atomic E-state index is 0.0459. The van der Waals surface area contributed by atoms with Crippen LogP contribution in [0.2, 0.25) is 5.02 Å². The highest BCUT2D eigenvalue weighted by Gasteiger charge is 2.15. The van der Waals surface area contributed by atoms with Gasteiger partial charge in [-0.05, 0) is 48.7 Å². The van der Waals surface area contributed by atoms with Crippen LogP contribution in [0.4, 0.5) is 0 Å². The van der Waals surface area contributed by atoms with E-state index in [1.165, 1.54) is 18.2 Å². The third-order valence-electron chi connectivity index (χ3n) is 3.98. The zero-order chi connectivity index (χ0) is 19.9. The number of amides is 1. The van der Waals surface area contributed by atoms with Gasteiger partial charge in [0.05, 0.1) is 16.5 Å². The van der Waals surface area contributed by atoms with E-state index < -0.39 is 9.84 Å². The number of hydrogen-bond donors (Lipinski definition) is 1. The Labute approximate surface area is 165 Å². The van der Waals surface area contributed by atoms with Crippen molar-refractivity contribution in [1.82, 2.24) is 5.32 Å². The lowest BCUT2D eigenvalue weighted by molar-refractivity contribution is 0.0954. The number of carbonyl (C=O) groups is 1. The Morgan fingerprint density at radius 1 is 1.15 bits per heavy atom. The second kappa shape index (κ2) is 9.76. The standard InChI is InChI=1S/C20H24ClNO4S/c1-3-4-13-26-17-8-5-15(6-9-17)11-12-22-20(23)16-7-10-18(21)19(14-16)27(2,24)25/h5-10,14H,3-4,11-13H2,1-2H3,(H,22,23). The van der Waals surface area contributed by atoms with Gasteiger partial charge in [-0.2, -0.15) is 0 Å². The summed E-state index contributed by atoms with van der Waals surface area (Å²) < 4.78 is 29.0. The highest BCUT2D eigenvalue weighted by Crippen LogP contribution is 2.22. The van der Waals surface area contributed by atoms with Crippen LogP contribution in [0.3, 0.4) is 0 Å². The maximum absolute atomic E-state index is 12.3. The first kappa shape index (κ1) is 21.3. The predicted octanol–water partition coefficient (Wildman–Crippen LogP) is 3.89. The molecule has 7 heteroatoms. The average Bonchev–Trinajstić information content (AvgIpc) is 2.62. The van der Waals surface area contributed by atoms with Gasteiger partial charge in [-0.15, -0.1) is 0 Å². The van der Waals surface area contributed by atoms with E-state index in [1.54, 1.807) is 0 Å². The molecule has 5 nitrogen and oxygen atoms in total. The molecule has 0 saturated carbocycles. The van der Waals surface area contributed by atoms with Crippen LogP contribution < -0.4 is 10.1 Å². The number of carbonyl (C=O) groups excluding carboxylic acids is 1. The number of sulfone groups is 1. The van der Waals surface area contributed by atoms with Crippen LogP contribution in [-0.2, 0) is 16.3 Å². The van der Waals surface area contributed by atoms with Crippen LogP contribution in [0.15, 0.2) is 47.4 Å². The van der Waals surface area contributed by atoms with Gasteiger partial charge in [-0.1, -0.05) is 37.1 Å². The smallest absolute Gasteiger partial charge is 0.251 e. The van der Waals surface area contributed by atoms with Gasteiger partial charge in [0.25, 0.3) is 5.91 Å². The Bertz CT molecular complexity index is 879. The molecule has 0 spiro atoms. The van der Waals surface area contributed by atoms with E-state index >= 15 is 0 Å². The highest BCUT2D eigenvalue weighted by atomic mass is 35.5. The quantitative estimate of drug-likeness (QED) is 0.637. The molecular weight excluding hydrogens is 386 g/mol. The van der Waals surface area contributed by atoms with Gasteiger partial charge in [0.2, 0.25) is 0 Å². The van der Waals surface area contributed by atoms with Crippen molar-refractivity contribution in [3.05, 3.63) is 58.6 Å². The number of rotatable bonds is 9. The minimum atomic E-state index is -3.49. The van der Waals surface area contributed by atoms with E-state index in [0.717, 1.165) is 30.4 Å². The molecule has 2 aromatic rings. The SMILES string of the molecule is CCCCOc1ccc(CCNC(=O)c2ccc(Cl)c(S(C)(=O)=O)c2)cc1. The van der Waals surface area contributed by atoms with Crippen molar-refractivity contribution in [2.75, 3.05) is 19.4 Å². The van der Waals surface area contributed by atoms with Crippen molar-refractivity contribution < 1.29 is 17.9 Å². The Balaban J connectivity index is 1.89. The number of benzene rings is 2. The molecule has 0 saturated heterocycles. The van der Waals surface area contributed by atoms with Crippen LogP contribution in [0.5, 0.6) is 5.75 Å². The van der Waals surface area contributed by atoms with Crippen LogP contribution in [0.25, 0.3) is 0 Å². The molecule has 27 heavy (non-hydrogen) atoms. The molecule has 0 bridgehead atoms. The van der Waals surface area contributed by atoms with Crippen molar-refractivity contribution in [1.29, 1.82) is 0 Å². The molecule has 1 amide bonds. The third-order valence-corrected chi connectivity index (χ3v) is 5.56. The Morgan fingerprint density at radius 3 is 2.48 bits per heavy atom. The molecule has 146 valence electrons. The van der Waals surface area contributed by atoms with Gasteiger partial charge in [0.15, 0.2) is 9.84 Å². The average molecular weight is 410 g/mol. The fourth-order valence-corrected chi connectivity index (χ4v) is 3.74. The molecule has 0 heterocycles. The zero-order valence-corrected chi connectivity index (χ0v) is 17.1.